The lowest BCUT2D eigenvalue weighted by atomic mass is 9.91. The summed E-state index contributed by atoms with van der Waals surface area (Å²) in [6.45, 7) is 2.54. The van der Waals surface area contributed by atoms with Crippen LogP contribution in [-0.2, 0) is 9.59 Å². The summed E-state index contributed by atoms with van der Waals surface area (Å²) in [6.07, 6.45) is 0.649. The van der Waals surface area contributed by atoms with Gasteiger partial charge in [0.2, 0.25) is 0 Å². The molecule has 0 spiro atoms. The van der Waals surface area contributed by atoms with Gasteiger partial charge in [-0.25, -0.2) is 14.0 Å². The topological polar surface area (TPSA) is 125 Å². The first-order valence-corrected chi connectivity index (χ1v) is 13.2. The molecule has 200 valence electrons. The second kappa shape index (κ2) is 12.3. The molecule has 1 atom stereocenters. The van der Waals surface area contributed by atoms with E-state index in [1.165, 1.54) is 0 Å². The number of piperidine rings is 1. The van der Waals surface area contributed by atoms with Gasteiger partial charge in [0, 0.05) is 28.1 Å². The smallest absolute Gasteiger partial charge is 0.349 e. The van der Waals surface area contributed by atoms with Gasteiger partial charge in [0.25, 0.3) is 5.91 Å². The normalized spacial score (nSPS) is 14.5. The summed E-state index contributed by atoms with van der Waals surface area (Å²) in [5, 5.41) is 21.9. The molecule has 4 rings (SSSR count). The zero-order valence-corrected chi connectivity index (χ0v) is 22.1. The van der Waals surface area contributed by atoms with Crippen LogP contribution in [0.5, 0.6) is 11.5 Å². The van der Waals surface area contributed by atoms with E-state index in [1.54, 1.807) is 55.5 Å². The molecule has 2 heterocycles. The Morgan fingerprint density at radius 1 is 1.11 bits per heavy atom. The lowest BCUT2D eigenvalue weighted by molar-refractivity contribution is -0.139. The van der Waals surface area contributed by atoms with E-state index in [9.17, 15) is 19.5 Å². The first-order valence-electron chi connectivity index (χ1n) is 12.0. The number of rotatable bonds is 10. The number of benzene rings is 2. The lowest BCUT2D eigenvalue weighted by Crippen LogP contribution is -2.46. The molecule has 1 aromatic heterocycles. The Morgan fingerprint density at radius 2 is 1.82 bits per heavy atom. The van der Waals surface area contributed by atoms with Gasteiger partial charge >= 0.3 is 11.9 Å². The fourth-order valence-electron chi connectivity index (χ4n) is 4.37. The Balaban J connectivity index is 1.64. The Morgan fingerprint density at radius 3 is 2.47 bits per heavy atom. The number of halogens is 1. The Labute approximate surface area is 228 Å². The molecular weight excluding hydrogens is 532 g/mol. The highest BCUT2D eigenvalue weighted by Crippen LogP contribution is 2.42. The van der Waals surface area contributed by atoms with Crippen LogP contribution in [0.1, 0.15) is 28.1 Å². The summed E-state index contributed by atoms with van der Waals surface area (Å²) in [6, 6.07) is 15.9. The number of carboxylic acids is 2. The van der Waals surface area contributed by atoms with Crippen molar-refractivity contribution in [1.29, 1.82) is 0 Å². The van der Waals surface area contributed by atoms with Crippen LogP contribution >= 0.6 is 23.1 Å². The molecule has 11 heteroatoms. The number of nitrogens with one attached hydrogen (secondary N) is 1. The number of thiophene rings is 1. The van der Waals surface area contributed by atoms with E-state index >= 15 is 0 Å². The molecule has 3 aromatic rings. The number of aromatic carboxylic acids is 1. The van der Waals surface area contributed by atoms with Gasteiger partial charge in [-0.05, 0) is 62.7 Å². The minimum atomic E-state index is -1.21. The second-order valence-electron chi connectivity index (χ2n) is 8.81. The zero-order chi connectivity index (χ0) is 27.2. The molecule has 38 heavy (non-hydrogen) atoms. The van der Waals surface area contributed by atoms with Crippen molar-refractivity contribution in [2.45, 2.75) is 25.9 Å². The number of aliphatic carboxylic acids is 1. The van der Waals surface area contributed by atoms with E-state index in [2.05, 4.69) is 5.32 Å². The molecule has 3 N–H and O–H groups in total. The van der Waals surface area contributed by atoms with Crippen molar-refractivity contribution in [2.24, 2.45) is 5.92 Å². The van der Waals surface area contributed by atoms with Crippen molar-refractivity contribution in [1.82, 2.24) is 5.32 Å². The van der Waals surface area contributed by atoms with Crippen molar-refractivity contribution in [2.75, 3.05) is 24.1 Å². The second-order valence-corrected chi connectivity index (χ2v) is 10.2. The van der Waals surface area contributed by atoms with Gasteiger partial charge in [-0.2, -0.15) is 0 Å². The third-order valence-corrected chi connectivity index (χ3v) is 7.89. The first kappa shape index (κ1) is 27.4. The fourth-order valence-corrected chi connectivity index (χ4v) is 5.67. The standard InChI is InChI=1S/C27H27ClN2O7S/c1-16-22(36-15-21(31)32)25(27(34)35)38-24(16)18-6-5-9-20(14-18)37-23(17-10-12-29-13-11-17)26(33)30(28)19-7-3-2-4-8-19/h2-9,14,17,23,29H,10-13,15H2,1H3,(H,31,32)(H,34,35). The molecule has 9 nitrogen and oxygen atoms in total. The summed E-state index contributed by atoms with van der Waals surface area (Å²) in [5.74, 6) is -2.40. The van der Waals surface area contributed by atoms with Crippen molar-refractivity contribution in [3.05, 3.63) is 65.0 Å². The van der Waals surface area contributed by atoms with Crippen LogP contribution in [0.4, 0.5) is 5.69 Å². The maximum atomic E-state index is 13.5. The van der Waals surface area contributed by atoms with Crippen LogP contribution in [0.2, 0.25) is 0 Å². The number of ether oxygens (including phenoxy) is 2. The van der Waals surface area contributed by atoms with Gasteiger partial charge in [0.1, 0.15) is 11.5 Å². The zero-order valence-electron chi connectivity index (χ0n) is 20.6. The van der Waals surface area contributed by atoms with Gasteiger partial charge in [-0.3, -0.25) is 4.79 Å². The average Bonchev–Trinajstić information content (AvgIpc) is 3.27. The van der Waals surface area contributed by atoms with E-state index in [0.29, 0.717) is 27.4 Å². The van der Waals surface area contributed by atoms with Crippen LogP contribution in [0, 0.1) is 12.8 Å². The van der Waals surface area contributed by atoms with Crippen molar-refractivity contribution >= 4 is 46.6 Å². The number of carboxylic acid groups (broad SMARTS) is 2. The predicted molar refractivity (Wildman–Crippen MR) is 144 cm³/mol. The Bertz CT molecular complexity index is 1310. The number of hydrogen-bond donors (Lipinski definition) is 3. The molecule has 0 saturated carbocycles. The molecule has 1 aliphatic heterocycles. The van der Waals surface area contributed by atoms with Gasteiger partial charge in [-0.15, -0.1) is 11.3 Å². The van der Waals surface area contributed by atoms with Crippen molar-refractivity contribution in [3.8, 4) is 21.9 Å². The van der Waals surface area contributed by atoms with Gasteiger partial charge in [0.05, 0.1) is 5.69 Å². The minimum Gasteiger partial charge on any atom is -0.480 e. The molecule has 0 bridgehead atoms. The van der Waals surface area contributed by atoms with Crippen LogP contribution in [-0.4, -0.2) is 53.9 Å². The van der Waals surface area contributed by atoms with Gasteiger partial charge < -0.3 is 25.0 Å². The van der Waals surface area contributed by atoms with Crippen LogP contribution in [0.15, 0.2) is 54.6 Å². The third-order valence-electron chi connectivity index (χ3n) is 6.22. The molecule has 2 aromatic carbocycles. The van der Waals surface area contributed by atoms with Crippen molar-refractivity contribution in [3.63, 3.8) is 0 Å². The van der Waals surface area contributed by atoms with Crippen molar-refractivity contribution < 1.29 is 34.1 Å². The highest BCUT2D eigenvalue weighted by molar-refractivity contribution is 7.18. The average molecular weight is 559 g/mol. The van der Waals surface area contributed by atoms with Gasteiger partial charge in [-0.1, -0.05) is 30.3 Å². The number of carbonyl (C=O) groups is 3. The summed E-state index contributed by atoms with van der Waals surface area (Å²) < 4.78 is 12.7. The third kappa shape index (κ3) is 6.27. The molecule has 1 saturated heterocycles. The van der Waals surface area contributed by atoms with Crippen LogP contribution in [0.3, 0.4) is 0 Å². The number of anilines is 1. The number of nitrogens with zero attached hydrogens (tertiary/aromatic N) is 1. The van der Waals surface area contributed by atoms with E-state index < -0.39 is 24.6 Å². The summed E-state index contributed by atoms with van der Waals surface area (Å²) in [4.78, 5) is 36.8. The largest absolute Gasteiger partial charge is 0.480 e. The molecule has 1 aliphatic rings. The maximum absolute atomic E-state index is 13.5. The molecular formula is C27H27ClN2O7S. The van der Waals surface area contributed by atoms with E-state index in [1.807, 2.05) is 6.07 Å². The number of carbonyl (C=O) groups excluding carboxylic acids is 1. The Kier molecular flexibility index (Phi) is 8.88. The minimum absolute atomic E-state index is 0.0228. The summed E-state index contributed by atoms with van der Waals surface area (Å²) in [5.41, 5.74) is 1.70. The summed E-state index contributed by atoms with van der Waals surface area (Å²) >= 11 is 7.45. The monoisotopic (exact) mass is 558 g/mol. The maximum Gasteiger partial charge on any atom is 0.349 e. The first-order chi connectivity index (χ1) is 18.3. The lowest BCUT2D eigenvalue weighted by Gasteiger charge is -2.32. The molecule has 1 unspecified atom stereocenters. The quantitative estimate of drug-likeness (QED) is 0.302. The molecule has 0 aliphatic carbocycles. The van der Waals surface area contributed by atoms with Crippen LogP contribution < -0.4 is 19.2 Å². The number of hydrogen-bond acceptors (Lipinski definition) is 7. The summed E-state index contributed by atoms with van der Waals surface area (Å²) in [7, 11) is 0. The van der Waals surface area contributed by atoms with E-state index in [0.717, 1.165) is 41.7 Å². The number of amides is 1. The highest BCUT2D eigenvalue weighted by atomic mass is 35.5. The molecule has 0 radical (unpaired) electrons. The van der Waals surface area contributed by atoms with Gasteiger partial charge in [0.15, 0.2) is 17.6 Å². The fraction of sp³-hybridized carbons (Fsp3) is 0.296. The SMILES string of the molecule is Cc1c(-c2cccc(OC(C(=O)N(Cl)c3ccccc3)C3CCNCC3)c2)sc(C(=O)O)c1OCC(=O)O. The highest BCUT2D eigenvalue weighted by Gasteiger charge is 2.35. The predicted octanol–water partition coefficient (Wildman–Crippen LogP) is 4.82. The number of para-hydroxylation sites is 1. The Hall–Kier alpha value is -3.60. The van der Waals surface area contributed by atoms with E-state index in [4.69, 9.17) is 26.4 Å². The molecule has 1 fully saturated rings. The van der Waals surface area contributed by atoms with Crippen LogP contribution in [0.25, 0.3) is 10.4 Å². The molecule has 1 amide bonds. The van der Waals surface area contributed by atoms with E-state index in [-0.39, 0.29) is 22.5 Å².